The summed E-state index contributed by atoms with van der Waals surface area (Å²) >= 11 is 7.18. The van der Waals surface area contributed by atoms with E-state index in [1.807, 2.05) is 18.2 Å². The van der Waals surface area contributed by atoms with Crippen molar-refractivity contribution in [3.05, 3.63) is 42.4 Å². The van der Waals surface area contributed by atoms with Crippen LogP contribution in [0.25, 0.3) is 21.4 Å². The predicted molar refractivity (Wildman–Crippen MR) is 81.1 cm³/mol. The summed E-state index contributed by atoms with van der Waals surface area (Å²) < 4.78 is 12.3. The minimum Gasteiger partial charge on any atom is -0.458 e. The highest BCUT2D eigenvalue weighted by Crippen LogP contribution is 2.31. The first-order chi connectivity index (χ1) is 10.3. The zero-order valence-electron chi connectivity index (χ0n) is 10.6. The molecule has 0 saturated heterocycles. The number of pyridine rings is 2. The van der Waals surface area contributed by atoms with E-state index in [0.717, 1.165) is 10.2 Å². The largest absolute Gasteiger partial charge is 0.458 e. The van der Waals surface area contributed by atoms with Crippen LogP contribution in [-0.2, 0) is 5.88 Å². The quantitative estimate of drug-likeness (QED) is 0.525. The average Bonchev–Trinajstić information content (AvgIpc) is 3.09. The summed E-state index contributed by atoms with van der Waals surface area (Å²) in [4.78, 5) is 12.8. The fourth-order valence-electron chi connectivity index (χ4n) is 1.97. The van der Waals surface area contributed by atoms with Gasteiger partial charge in [0.25, 0.3) is 5.19 Å². The highest BCUT2D eigenvalue weighted by atomic mass is 35.5. The van der Waals surface area contributed by atoms with Gasteiger partial charge in [-0.2, -0.15) is 4.98 Å². The normalized spacial score (nSPS) is 11.3. The number of thiazole rings is 1. The zero-order valence-corrected chi connectivity index (χ0v) is 12.2. The summed E-state index contributed by atoms with van der Waals surface area (Å²) in [5, 5.41) is 0.522. The van der Waals surface area contributed by atoms with Gasteiger partial charge < -0.3 is 9.15 Å². The van der Waals surface area contributed by atoms with E-state index >= 15 is 0 Å². The van der Waals surface area contributed by atoms with Crippen molar-refractivity contribution in [2.75, 3.05) is 0 Å². The van der Waals surface area contributed by atoms with Gasteiger partial charge in [-0.15, -0.1) is 11.6 Å². The van der Waals surface area contributed by atoms with E-state index in [4.69, 9.17) is 20.8 Å². The highest BCUT2D eigenvalue weighted by molar-refractivity contribution is 7.20. The summed E-state index contributed by atoms with van der Waals surface area (Å²) in [6.45, 7) is 0. The van der Waals surface area contributed by atoms with Gasteiger partial charge in [-0.05, 0) is 12.1 Å². The molecule has 0 saturated carbocycles. The van der Waals surface area contributed by atoms with E-state index in [2.05, 4.69) is 15.0 Å². The predicted octanol–water partition coefficient (Wildman–Crippen LogP) is 4.36. The van der Waals surface area contributed by atoms with Gasteiger partial charge >= 0.3 is 0 Å². The molecule has 0 aliphatic carbocycles. The molecule has 4 aromatic rings. The molecule has 0 bridgehead atoms. The molecule has 0 aromatic carbocycles. The Hall–Kier alpha value is -2.18. The standard InChI is InChI=1S/C14H8ClN3O2S/c15-6-8-4-10-11(19-8)5-9(7-17-10)20-14-18-13-12(21-14)2-1-3-16-13/h1-5,7H,6H2. The van der Waals surface area contributed by atoms with Crippen molar-refractivity contribution in [3.63, 3.8) is 0 Å². The van der Waals surface area contributed by atoms with Crippen LogP contribution in [0.3, 0.4) is 0 Å². The van der Waals surface area contributed by atoms with E-state index in [-0.39, 0.29) is 0 Å². The van der Waals surface area contributed by atoms with Gasteiger partial charge in [-0.3, -0.25) is 0 Å². The van der Waals surface area contributed by atoms with Crippen LogP contribution in [0.4, 0.5) is 0 Å². The molecule has 0 spiro atoms. The lowest BCUT2D eigenvalue weighted by Gasteiger charge is -1.99. The molecular weight excluding hydrogens is 310 g/mol. The van der Waals surface area contributed by atoms with Crippen LogP contribution in [0.5, 0.6) is 10.9 Å². The van der Waals surface area contributed by atoms with Crippen molar-refractivity contribution in [2.45, 2.75) is 5.88 Å². The molecule has 0 atom stereocenters. The SMILES string of the molecule is ClCc1cc2ncc(Oc3nc4ncccc4s3)cc2o1. The fraction of sp³-hybridized carbons (Fsp3) is 0.0714. The van der Waals surface area contributed by atoms with Gasteiger partial charge in [0, 0.05) is 18.3 Å². The van der Waals surface area contributed by atoms with Crippen molar-refractivity contribution >= 4 is 44.4 Å². The Kier molecular flexibility index (Phi) is 2.98. The van der Waals surface area contributed by atoms with Crippen molar-refractivity contribution in [1.29, 1.82) is 0 Å². The maximum atomic E-state index is 5.75. The van der Waals surface area contributed by atoms with E-state index in [1.54, 1.807) is 18.5 Å². The van der Waals surface area contributed by atoms with Crippen LogP contribution in [0, 0.1) is 0 Å². The molecule has 104 valence electrons. The molecule has 0 amide bonds. The molecule has 21 heavy (non-hydrogen) atoms. The average molecular weight is 318 g/mol. The van der Waals surface area contributed by atoms with Crippen LogP contribution in [0.2, 0.25) is 0 Å². The smallest absolute Gasteiger partial charge is 0.281 e. The Bertz CT molecular complexity index is 901. The lowest BCUT2D eigenvalue weighted by atomic mass is 10.3. The second-order valence-electron chi connectivity index (χ2n) is 4.31. The highest BCUT2D eigenvalue weighted by Gasteiger charge is 2.09. The molecule has 0 fully saturated rings. The maximum Gasteiger partial charge on any atom is 0.281 e. The van der Waals surface area contributed by atoms with Crippen LogP contribution in [0.1, 0.15) is 5.76 Å². The Morgan fingerprint density at radius 3 is 3.10 bits per heavy atom. The summed E-state index contributed by atoms with van der Waals surface area (Å²) in [6, 6.07) is 7.41. The summed E-state index contributed by atoms with van der Waals surface area (Å²) in [7, 11) is 0. The molecule has 4 aromatic heterocycles. The molecule has 4 rings (SSSR count). The Balaban J connectivity index is 1.69. The molecule has 0 radical (unpaired) electrons. The van der Waals surface area contributed by atoms with E-state index < -0.39 is 0 Å². The monoisotopic (exact) mass is 317 g/mol. The number of hydrogen-bond donors (Lipinski definition) is 0. The number of fused-ring (bicyclic) bond motifs is 2. The van der Waals surface area contributed by atoms with Gasteiger partial charge in [0.1, 0.15) is 11.3 Å². The lowest BCUT2D eigenvalue weighted by molar-refractivity contribution is 0.476. The molecule has 5 nitrogen and oxygen atoms in total. The number of rotatable bonds is 3. The molecule has 4 heterocycles. The van der Waals surface area contributed by atoms with Gasteiger partial charge in [-0.1, -0.05) is 11.3 Å². The first-order valence-corrected chi connectivity index (χ1v) is 7.51. The topological polar surface area (TPSA) is 61.0 Å². The van der Waals surface area contributed by atoms with Crippen molar-refractivity contribution in [1.82, 2.24) is 15.0 Å². The minimum absolute atomic E-state index is 0.316. The lowest BCUT2D eigenvalue weighted by Crippen LogP contribution is -1.84. The number of furan rings is 1. The maximum absolute atomic E-state index is 5.75. The van der Waals surface area contributed by atoms with Crippen LogP contribution < -0.4 is 4.74 Å². The molecule has 0 N–H and O–H groups in total. The second-order valence-corrected chi connectivity index (χ2v) is 5.57. The van der Waals surface area contributed by atoms with Crippen LogP contribution >= 0.6 is 22.9 Å². The zero-order chi connectivity index (χ0) is 14.2. The van der Waals surface area contributed by atoms with Gasteiger partial charge in [-0.25, -0.2) is 9.97 Å². The Morgan fingerprint density at radius 1 is 1.29 bits per heavy atom. The Morgan fingerprint density at radius 2 is 2.24 bits per heavy atom. The van der Waals surface area contributed by atoms with Gasteiger partial charge in [0.2, 0.25) is 0 Å². The minimum atomic E-state index is 0.316. The first kappa shape index (κ1) is 12.6. The third-order valence-electron chi connectivity index (χ3n) is 2.88. The number of nitrogens with zero attached hydrogens (tertiary/aromatic N) is 3. The molecular formula is C14H8ClN3O2S. The van der Waals surface area contributed by atoms with E-state index in [0.29, 0.717) is 33.8 Å². The summed E-state index contributed by atoms with van der Waals surface area (Å²) in [5.74, 6) is 1.56. The molecule has 0 aliphatic rings. The number of halogens is 1. The van der Waals surface area contributed by atoms with Crippen molar-refractivity contribution in [3.8, 4) is 10.9 Å². The Labute approximate surface area is 128 Å². The van der Waals surface area contributed by atoms with Crippen molar-refractivity contribution < 1.29 is 9.15 Å². The third kappa shape index (κ3) is 2.32. The number of alkyl halides is 1. The molecule has 0 aliphatic heterocycles. The first-order valence-electron chi connectivity index (χ1n) is 6.16. The fourth-order valence-corrected chi connectivity index (χ4v) is 2.89. The summed E-state index contributed by atoms with van der Waals surface area (Å²) in [5.41, 5.74) is 2.07. The van der Waals surface area contributed by atoms with Crippen LogP contribution in [-0.4, -0.2) is 15.0 Å². The van der Waals surface area contributed by atoms with Crippen molar-refractivity contribution in [2.24, 2.45) is 0 Å². The van der Waals surface area contributed by atoms with E-state index in [9.17, 15) is 0 Å². The summed E-state index contributed by atoms with van der Waals surface area (Å²) in [6.07, 6.45) is 3.34. The van der Waals surface area contributed by atoms with Gasteiger partial charge in [0.15, 0.2) is 17.0 Å². The number of ether oxygens (including phenoxy) is 1. The number of hydrogen-bond acceptors (Lipinski definition) is 6. The van der Waals surface area contributed by atoms with Gasteiger partial charge in [0.05, 0.1) is 16.8 Å². The second kappa shape index (κ2) is 4.98. The molecule has 0 unspecified atom stereocenters. The third-order valence-corrected chi connectivity index (χ3v) is 4.03. The van der Waals surface area contributed by atoms with Crippen LogP contribution in [0.15, 0.2) is 41.1 Å². The van der Waals surface area contributed by atoms with E-state index in [1.165, 1.54) is 11.3 Å². The number of aromatic nitrogens is 3. The molecule has 7 heteroatoms.